The summed E-state index contributed by atoms with van der Waals surface area (Å²) < 4.78 is 14.7. The maximum absolute atomic E-state index is 14.7. The lowest BCUT2D eigenvalue weighted by Gasteiger charge is -2.24. The Morgan fingerprint density at radius 3 is 2.76 bits per heavy atom. The van der Waals surface area contributed by atoms with Gasteiger partial charge in [-0.25, -0.2) is 14.2 Å². The second-order valence-corrected chi connectivity index (χ2v) is 9.30. The fourth-order valence-corrected chi connectivity index (χ4v) is 4.41. The monoisotopic (exact) mass is 484 g/mol. The van der Waals surface area contributed by atoms with Crippen molar-refractivity contribution in [1.82, 2.24) is 25.5 Å². The molecule has 11 heteroatoms. The molecule has 178 valence electrons. The zero-order chi connectivity index (χ0) is 24.2. The Kier molecular flexibility index (Phi) is 7.11. The minimum atomic E-state index is -0.472. The van der Waals surface area contributed by atoms with E-state index in [1.807, 2.05) is 18.7 Å². The second-order valence-electron chi connectivity index (χ2n) is 8.29. The molecule has 0 spiro atoms. The fraction of sp³-hybridized carbons (Fsp3) is 0.348. The molecule has 4 rings (SSSR count). The van der Waals surface area contributed by atoms with Crippen LogP contribution >= 0.6 is 11.8 Å². The van der Waals surface area contributed by atoms with Gasteiger partial charge in [0.15, 0.2) is 0 Å². The highest BCUT2D eigenvalue weighted by Gasteiger charge is 2.25. The van der Waals surface area contributed by atoms with Crippen molar-refractivity contribution in [2.45, 2.75) is 26.3 Å². The van der Waals surface area contributed by atoms with E-state index in [4.69, 9.17) is 0 Å². The highest BCUT2D eigenvalue weighted by molar-refractivity contribution is 8.18. The van der Waals surface area contributed by atoms with Crippen molar-refractivity contribution < 1.29 is 18.8 Å². The standard InChI is InChI=1S/C23H25FN6O3S/c1-14(2)26-22(32)30-7-3-6-29(8-9-30)20-13-25-12-18(27-20)16-10-15(4-5-17(16)24)11-19-21(31)28-23(33)34-19/h4-5,10-14H,3,6-9H2,1-2H3,(H,26,32)(H,28,31,33)/b19-11-. The maximum Gasteiger partial charge on any atom is 0.317 e. The molecule has 2 aliphatic heterocycles. The fourth-order valence-electron chi connectivity index (χ4n) is 3.73. The normalized spacial score (nSPS) is 17.8. The number of thioether (sulfide) groups is 1. The molecule has 0 aliphatic carbocycles. The number of imide groups is 1. The van der Waals surface area contributed by atoms with Crippen LogP contribution in [0.4, 0.5) is 19.8 Å². The third-order valence-corrected chi connectivity index (χ3v) is 6.16. The van der Waals surface area contributed by atoms with Crippen molar-refractivity contribution >= 4 is 40.8 Å². The molecule has 0 saturated carbocycles. The molecule has 0 atom stereocenters. The first-order chi connectivity index (χ1) is 16.3. The number of rotatable bonds is 4. The van der Waals surface area contributed by atoms with Crippen LogP contribution in [0.3, 0.4) is 0 Å². The van der Waals surface area contributed by atoms with Crippen molar-refractivity contribution in [3.63, 3.8) is 0 Å². The van der Waals surface area contributed by atoms with Crippen LogP contribution in [0.1, 0.15) is 25.8 Å². The van der Waals surface area contributed by atoms with Gasteiger partial charge in [0.1, 0.15) is 11.6 Å². The number of nitrogens with zero attached hydrogens (tertiary/aromatic N) is 4. The Bertz CT molecular complexity index is 1160. The number of benzene rings is 1. The van der Waals surface area contributed by atoms with E-state index in [9.17, 15) is 18.8 Å². The van der Waals surface area contributed by atoms with E-state index in [1.54, 1.807) is 17.2 Å². The van der Waals surface area contributed by atoms with Crippen LogP contribution < -0.4 is 15.5 Å². The number of hydrogen-bond acceptors (Lipinski definition) is 7. The zero-order valence-corrected chi connectivity index (χ0v) is 19.7. The lowest BCUT2D eigenvalue weighted by Crippen LogP contribution is -2.44. The van der Waals surface area contributed by atoms with E-state index < -0.39 is 17.0 Å². The molecule has 2 saturated heterocycles. The number of anilines is 1. The number of carbonyl (C=O) groups is 3. The highest BCUT2D eigenvalue weighted by Crippen LogP contribution is 2.29. The number of urea groups is 1. The van der Waals surface area contributed by atoms with Crippen molar-refractivity contribution in [3.8, 4) is 11.3 Å². The lowest BCUT2D eigenvalue weighted by molar-refractivity contribution is -0.115. The first-order valence-corrected chi connectivity index (χ1v) is 11.8. The van der Waals surface area contributed by atoms with E-state index in [-0.39, 0.29) is 22.5 Å². The smallest absolute Gasteiger partial charge is 0.317 e. The SMILES string of the molecule is CC(C)NC(=O)N1CCCN(c2cncc(-c3cc(/C=C4\SC(=O)NC4=O)ccc3F)n2)CC1. The Morgan fingerprint density at radius 1 is 1.21 bits per heavy atom. The van der Waals surface area contributed by atoms with Gasteiger partial charge in [0.25, 0.3) is 11.1 Å². The quantitative estimate of drug-likeness (QED) is 0.642. The molecular formula is C23H25FN6O3S. The van der Waals surface area contributed by atoms with Crippen molar-refractivity contribution in [1.29, 1.82) is 0 Å². The van der Waals surface area contributed by atoms with Gasteiger partial charge in [0.05, 0.1) is 23.0 Å². The van der Waals surface area contributed by atoms with Crippen LogP contribution in [0.25, 0.3) is 17.3 Å². The molecular weight excluding hydrogens is 459 g/mol. The lowest BCUT2D eigenvalue weighted by atomic mass is 10.1. The Morgan fingerprint density at radius 2 is 2.03 bits per heavy atom. The number of halogens is 1. The van der Waals surface area contributed by atoms with Crippen LogP contribution in [0.2, 0.25) is 0 Å². The largest absolute Gasteiger partial charge is 0.353 e. The van der Waals surface area contributed by atoms with Gasteiger partial charge < -0.3 is 15.1 Å². The van der Waals surface area contributed by atoms with Gasteiger partial charge in [-0.2, -0.15) is 0 Å². The number of hydrogen-bond donors (Lipinski definition) is 2. The number of nitrogens with one attached hydrogen (secondary N) is 2. The summed E-state index contributed by atoms with van der Waals surface area (Å²) in [5.74, 6) is -0.344. The second kappa shape index (κ2) is 10.2. The van der Waals surface area contributed by atoms with Crippen molar-refractivity contribution in [3.05, 3.63) is 46.9 Å². The van der Waals surface area contributed by atoms with Gasteiger partial charge in [-0.15, -0.1) is 0 Å². The molecule has 34 heavy (non-hydrogen) atoms. The van der Waals surface area contributed by atoms with Crippen LogP contribution in [0.5, 0.6) is 0 Å². The molecule has 1 aromatic heterocycles. The molecule has 2 fully saturated rings. The first kappa shape index (κ1) is 23.7. The third-order valence-electron chi connectivity index (χ3n) is 5.35. The van der Waals surface area contributed by atoms with Gasteiger partial charge in [-0.05, 0) is 55.8 Å². The summed E-state index contributed by atoms with van der Waals surface area (Å²) in [5.41, 5.74) is 1.16. The Hall–Kier alpha value is -3.47. The van der Waals surface area contributed by atoms with E-state index in [1.165, 1.54) is 24.4 Å². The van der Waals surface area contributed by atoms with Gasteiger partial charge in [-0.3, -0.25) is 19.9 Å². The summed E-state index contributed by atoms with van der Waals surface area (Å²) in [6.45, 7) is 6.31. The van der Waals surface area contributed by atoms with Gasteiger partial charge in [-0.1, -0.05) is 6.07 Å². The third kappa shape index (κ3) is 5.53. The van der Waals surface area contributed by atoms with Gasteiger partial charge >= 0.3 is 6.03 Å². The van der Waals surface area contributed by atoms with Crippen LogP contribution in [-0.2, 0) is 4.79 Å². The summed E-state index contributed by atoms with van der Waals surface area (Å²) in [7, 11) is 0. The van der Waals surface area contributed by atoms with Crippen LogP contribution in [0.15, 0.2) is 35.5 Å². The molecule has 2 N–H and O–H groups in total. The van der Waals surface area contributed by atoms with Crippen LogP contribution in [-0.4, -0.2) is 64.3 Å². The highest BCUT2D eigenvalue weighted by atomic mass is 32.2. The summed E-state index contributed by atoms with van der Waals surface area (Å²) >= 11 is 0.803. The van der Waals surface area contributed by atoms with E-state index in [0.717, 1.165) is 18.2 Å². The summed E-state index contributed by atoms with van der Waals surface area (Å²) in [6, 6.07) is 4.39. The summed E-state index contributed by atoms with van der Waals surface area (Å²) in [4.78, 5) is 48.5. The van der Waals surface area contributed by atoms with E-state index in [2.05, 4.69) is 20.6 Å². The molecule has 4 amide bonds. The molecule has 2 aliphatic rings. The summed E-state index contributed by atoms with van der Waals surface area (Å²) in [5, 5.41) is 4.68. The molecule has 9 nitrogen and oxygen atoms in total. The van der Waals surface area contributed by atoms with E-state index >= 15 is 0 Å². The van der Waals surface area contributed by atoms with Gasteiger partial charge in [0, 0.05) is 37.8 Å². The number of amides is 4. The van der Waals surface area contributed by atoms with Gasteiger partial charge in [0.2, 0.25) is 0 Å². The number of carbonyl (C=O) groups excluding carboxylic acids is 3. The Labute approximate surface area is 200 Å². The van der Waals surface area contributed by atoms with E-state index in [0.29, 0.717) is 43.3 Å². The molecule has 0 radical (unpaired) electrons. The molecule has 3 heterocycles. The maximum atomic E-state index is 14.7. The first-order valence-electron chi connectivity index (χ1n) is 11.0. The van der Waals surface area contributed by atoms with Crippen molar-refractivity contribution in [2.75, 3.05) is 31.1 Å². The average Bonchev–Trinajstić information content (AvgIpc) is 2.98. The zero-order valence-electron chi connectivity index (χ0n) is 18.9. The predicted octanol–water partition coefficient (Wildman–Crippen LogP) is 3.24. The van der Waals surface area contributed by atoms with Crippen molar-refractivity contribution in [2.24, 2.45) is 0 Å². The molecule has 0 bridgehead atoms. The Balaban J connectivity index is 1.54. The molecule has 0 unspecified atom stereocenters. The molecule has 1 aromatic carbocycles. The minimum Gasteiger partial charge on any atom is -0.353 e. The topological polar surface area (TPSA) is 108 Å². The van der Waals surface area contributed by atoms with Crippen LogP contribution in [0, 0.1) is 5.82 Å². The minimum absolute atomic E-state index is 0.0674. The predicted molar refractivity (Wildman–Crippen MR) is 129 cm³/mol. The molecule has 2 aromatic rings. The average molecular weight is 485 g/mol. The summed E-state index contributed by atoms with van der Waals surface area (Å²) in [6.07, 6.45) is 5.42. The number of aromatic nitrogens is 2.